The molecule has 6 nitrogen and oxygen atoms in total. The zero-order chi connectivity index (χ0) is 13.0. The van der Waals surface area contributed by atoms with Crippen LogP contribution in [0.2, 0.25) is 5.02 Å². The van der Waals surface area contributed by atoms with Crippen molar-refractivity contribution in [2.24, 2.45) is 5.73 Å². The fourth-order valence-corrected chi connectivity index (χ4v) is 1.66. The Morgan fingerprint density at radius 2 is 2.33 bits per heavy atom. The summed E-state index contributed by atoms with van der Waals surface area (Å²) in [7, 11) is 0. The Kier molecular flexibility index (Phi) is 4.01. The SMILES string of the molecule is NCCn1cc(C(=O)Cc2ccncc2Cl)nn1. The number of aromatic nitrogens is 4. The molecule has 0 radical (unpaired) electrons. The highest BCUT2D eigenvalue weighted by molar-refractivity contribution is 6.31. The van der Waals surface area contributed by atoms with Gasteiger partial charge in [-0.3, -0.25) is 14.5 Å². The van der Waals surface area contributed by atoms with E-state index < -0.39 is 0 Å². The van der Waals surface area contributed by atoms with Crippen LogP contribution in [-0.4, -0.2) is 32.3 Å². The number of carbonyl (C=O) groups is 1. The van der Waals surface area contributed by atoms with Gasteiger partial charge in [-0.25, -0.2) is 0 Å². The molecule has 7 heteroatoms. The summed E-state index contributed by atoms with van der Waals surface area (Å²) in [4.78, 5) is 15.8. The van der Waals surface area contributed by atoms with Crippen molar-refractivity contribution in [1.29, 1.82) is 0 Å². The van der Waals surface area contributed by atoms with Gasteiger partial charge < -0.3 is 5.73 Å². The third-order valence-corrected chi connectivity index (χ3v) is 2.73. The maximum absolute atomic E-state index is 12.0. The Morgan fingerprint density at radius 1 is 1.50 bits per heavy atom. The van der Waals surface area contributed by atoms with Crippen LogP contribution in [-0.2, 0) is 13.0 Å². The first-order valence-electron chi connectivity index (χ1n) is 5.42. The molecule has 0 aromatic carbocycles. The van der Waals surface area contributed by atoms with Crippen LogP contribution in [0.25, 0.3) is 0 Å². The molecule has 0 aliphatic heterocycles. The number of hydrogen-bond donors (Lipinski definition) is 1. The van der Waals surface area contributed by atoms with Gasteiger partial charge in [0.25, 0.3) is 0 Å². The monoisotopic (exact) mass is 265 g/mol. The Labute approximate surface area is 109 Å². The minimum absolute atomic E-state index is 0.133. The average Bonchev–Trinajstić information content (AvgIpc) is 2.81. The van der Waals surface area contributed by atoms with Gasteiger partial charge in [0.15, 0.2) is 5.78 Å². The fraction of sp³-hybridized carbons (Fsp3) is 0.273. The van der Waals surface area contributed by atoms with Crippen molar-refractivity contribution < 1.29 is 4.79 Å². The predicted molar refractivity (Wildman–Crippen MR) is 66.4 cm³/mol. The highest BCUT2D eigenvalue weighted by Crippen LogP contribution is 2.15. The molecule has 2 N–H and O–H groups in total. The highest BCUT2D eigenvalue weighted by atomic mass is 35.5. The summed E-state index contributed by atoms with van der Waals surface area (Å²) in [6.45, 7) is 0.990. The Morgan fingerprint density at radius 3 is 3.06 bits per heavy atom. The second-order valence-corrected chi connectivity index (χ2v) is 4.13. The van der Waals surface area contributed by atoms with E-state index in [2.05, 4.69) is 15.3 Å². The van der Waals surface area contributed by atoms with E-state index in [1.807, 2.05) is 0 Å². The summed E-state index contributed by atoms with van der Waals surface area (Å²) in [6.07, 6.45) is 4.88. The van der Waals surface area contributed by atoms with Crippen LogP contribution >= 0.6 is 11.6 Å². The molecule has 0 amide bonds. The summed E-state index contributed by atoms with van der Waals surface area (Å²) in [5.41, 5.74) is 6.43. The van der Waals surface area contributed by atoms with Crippen LogP contribution < -0.4 is 5.73 Å². The molecule has 2 aromatic rings. The van der Waals surface area contributed by atoms with Crippen molar-refractivity contribution in [3.8, 4) is 0 Å². The van der Waals surface area contributed by atoms with E-state index >= 15 is 0 Å². The standard InChI is InChI=1S/C11H12ClN5O/c12-9-6-14-3-1-8(9)5-11(18)10-7-17(4-2-13)16-15-10/h1,3,6-7H,2,4-5,13H2. The summed E-state index contributed by atoms with van der Waals surface area (Å²) in [5, 5.41) is 8.09. The van der Waals surface area contributed by atoms with Crippen LogP contribution in [0, 0.1) is 0 Å². The summed E-state index contributed by atoms with van der Waals surface area (Å²) in [5.74, 6) is -0.133. The molecule has 2 aromatic heterocycles. The van der Waals surface area contributed by atoms with Gasteiger partial charge in [0.1, 0.15) is 5.69 Å². The Balaban J connectivity index is 2.10. The molecule has 0 saturated heterocycles. The maximum Gasteiger partial charge on any atom is 0.189 e. The minimum atomic E-state index is -0.133. The molecule has 0 fully saturated rings. The van der Waals surface area contributed by atoms with Crippen molar-refractivity contribution in [2.45, 2.75) is 13.0 Å². The van der Waals surface area contributed by atoms with Crippen LogP contribution in [0.5, 0.6) is 0 Å². The van der Waals surface area contributed by atoms with E-state index in [1.54, 1.807) is 23.1 Å². The Hall–Kier alpha value is -1.79. The quantitative estimate of drug-likeness (QED) is 0.805. The first-order chi connectivity index (χ1) is 8.70. The molecule has 18 heavy (non-hydrogen) atoms. The number of rotatable bonds is 5. The van der Waals surface area contributed by atoms with Gasteiger partial charge >= 0.3 is 0 Å². The van der Waals surface area contributed by atoms with Crippen molar-refractivity contribution in [1.82, 2.24) is 20.0 Å². The van der Waals surface area contributed by atoms with Gasteiger partial charge in [0.05, 0.1) is 17.8 Å². The second-order valence-electron chi connectivity index (χ2n) is 3.72. The zero-order valence-electron chi connectivity index (χ0n) is 9.58. The maximum atomic E-state index is 12.0. The van der Waals surface area contributed by atoms with E-state index in [1.165, 1.54) is 6.20 Å². The minimum Gasteiger partial charge on any atom is -0.329 e. The van der Waals surface area contributed by atoms with E-state index in [0.29, 0.717) is 23.8 Å². The largest absolute Gasteiger partial charge is 0.329 e. The smallest absolute Gasteiger partial charge is 0.189 e. The van der Waals surface area contributed by atoms with Crippen molar-refractivity contribution in [2.75, 3.05) is 6.54 Å². The number of halogens is 1. The highest BCUT2D eigenvalue weighted by Gasteiger charge is 2.13. The third-order valence-electron chi connectivity index (χ3n) is 2.39. The molecular weight excluding hydrogens is 254 g/mol. The average molecular weight is 266 g/mol. The van der Waals surface area contributed by atoms with Crippen LogP contribution in [0.1, 0.15) is 16.1 Å². The summed E-state index contributed by atoms with van der Waals surface area (Å²) < 4.78 is 1.54. The Bertz CT molecular complexity index is 554. The molecule has 94 valence electrons. The van der Waals surface area contributed by atoms with E-state index in [9.17, 15) is 4.79 Å². The number of nitrogens with two attached hydrogens (primary N) is 1. The van der Waals surface area contributed by atoms with Gasteiger partial charge in [0.2, 0.25) is 0 Å². The van der Waals surface area contributed by atoms with E-state index in [-0.39, 0.29) is 12.2 Å². The van der Waals surface area contributed by atoms with E-state index in [0.717, 1.165) is 5.56 Å². The molecule has 2 heterocycles. The summed E-state index contributed by atoms with van der Waals surface area (Å²) >= 11 is 5.94. The number of nitrogens with zero attached hydrogens (tertiary/aromatic N) is 4. The van der Waals surface area contributed by atoms with Crippen molar-refractivity contribution in [3.63, 3.8) is 0 Å². The van der Waals surface area contributed by atoms with E-state index in [4.69, 9.17) is 17.3 Å². The van der Waals surface area contributed by atoms with Gasteiger partial charge in [-0.1, -0.05) is 16.8 Å². The lowest BCUT2D eigenvalue weighted by Gasteiger charge is -2.00. The lowest BCUT2D eigenvalue weighted by atomic mass is 10.1. The number of ketones is 1. The number of Topliss-reactive ketones (excluding diaryl/α,β-unsaturated/α-hetero) is 1. The van der Waals surface area contributed by atoms with Gasteiger partial charge in [0, 0.05) is 25.4 Å². The number of carbonyl (C=O) groups excluding carboxylic acids is 1. The van der Waals surface area contributed by atoms with Gasteiger partial charge in [-0.2, -0.15) is 0 Å². The third kappa shape index (κ3) is 2.91. The molecule has 0 aliphatic rings. The molecule has 0 aliphatic carbocycles. The van der Waals surface area contributed by atoms with Crippen molar-refractivity contribution in [3.05, 3.63) is 40.9 Å². The lowest BCUT2D eigenvalue weighted by Crippen LogP contribution is -2.10. The molecule has 0 atom stereocenters. The molecule has 2 rings (SSSR count). The summed E-state index contributed by atoms with van der Waals surface area (Å²) in [6, 6.07) is 1.71. The first kappa shape index (κ1) is 12.7. The first-order valence-corrected chi connectivity index (χ1v) is 5.80. The van der Waals surface area contributed by atoms with Crippen LogP contribution in [0.15, 0.2) is 24.7 Å². The predicted octanol–water partition coefficient (Wildman–Crippen LogP) is 0.711. The van der Waals surface area contributed by atoms with Crippen LogP contribution in [0.3, 0.4) is 0 Å². The normalized spacial score (nSPS) is 10.6. The molecule has 0 unspecified atom stereocenters. The molecular formula is C11H12ClN5O. The van der Waals surface area contributed by atoms with Crippen molar-refractivity contribution >= 4 is 17.4 Å². The number of pyridine rings is 1. The van der Waals surface area contributed by atoms with Crippen LogP contribution in [0.4, 0.5) is 0 Å². The molecule has 0 spiro atoms. The lowest BCUT2D eigenvalue weighted by molar-refractivity contribution is 0.0988. The topological polar surface area (TPSA) is 86.7 Å². The fourth-order valence-electron chi connectivity index (χ4n) is 1.48. The molecule has 0 bridgehead atoms. The number of hydrogen-bond acceptors (Lipinski definition) is 5. The second kappa shape index (κ2) is 5.70. The zero-order valence-corrected chi connectivity index (χ0v) is 10.3. The van der Waals surface area contributed by atoms with Gasteiger partial charge in [-0.05, 0) is 11.6 Å². The van der Waals surface area contributed by atoms with Gasteiger partial charge in [-0.15, -0.1) is 5.10 Å². The molecule has 0 saturated carbocycles.